The van der Waals surface area contributed by atoms with Gasteiger partial charge in [-0.2, -0.15) is 0 Å². The number of methoxy groups -OCH3 is 2. The number of rotatable bonds is 15. The maximum absolute atomic E-state index is 12.0. The van der Waals surface area contributed by atoms with Gasteiger partial charge in [0.25, 0.3) is 0 Å². The molecule has 0 aliphatic carbocycles. The fourth-order valence-electron chi connectivity index (χ4n) is 10.8. The van der Waals surface area contributed by atoms with E-state index in [0.717, 1.165) is 150 Å². The van der Waals surface area contributed by atoms with E-state index in [1.807, 2.05) is 0 Å². The van der Waals surface area contributed by atoms with Crippen LogP contribution in [-0.2, 0) is 85.7 Å². The predicted molar refractivity (Wildman–Crippen MR) is 362 cm³/mol. The number of nitrogens with one attached hydrogen (secondary N) is 3. The van der Waals surface area contributed by atoms with Gasteiger partial charge in [0.05, 0.1) is 98.2 Å². The standard InChI is InChI=1S/C27H37N7O5S2.C22H29N7O4S2.C5H8O2.C4H6O4.C2H3BO2.Na/c1-37-26-22(31-41(2,35)36)15-19(16-28-26)23-25-24(30-27(29-23)34-9-13-39-14-10-34)20(18-40-25)17-32-5-7-33(8-6-32)21-3-11-38-12-4-21;1-32-21-17(27-35(2,30)31)11-15(12-24-21)18-20-19(26-22(25-18)29-7-9-33-10-8-29)16(14-34-20)13-28-5-3-23-4-6-28;6-5-1-3-7-4-2-5;1-3(5)7-8-4(2)6;1-2(4)5-3;/h15-16,18,21,31H,3-14,17H2,1-2H3;11-12,14,23,27H,3-10,13H2,1-2H3;1-4H2;1-2H3;1H3;/q;;;;-1;+1. The minimum atomic E-state index is -3.54. The number of carbonyl (C=O) groups is 4. The van der Waals surface area contributed by atoms with E-state index in [2.05, 4.69) is 82.5 Å². The van der Waals surface area contributed by atoms with Crippen LogP contribution < -0.4 is 63.6 Å². The molecule has 6 aliphatic heterocycles. The van der Waals surface area contributed by atoms with E-state index in [9.17, 15) is 36.0 Å². The Morgan fingerprint density at radius 3 is 1.37 bits per heavy atom. The van der Waals surface area contributed by atoms with Gasteiger partial charge in [-0.3, -0.25) is 33.7 Å². The first-order chi connectivity index (χ1) is 46.1. The Morgan fingerprint density at radius 1 is 0.598 bits per heavy atom. The molecular formula is C60H83BN14NaO17S4. The molecule has 523 valence electrons. The molecule has 0 unspecified atom stereocenters. The van der Waals surface area contributed by atoms with Gasteiger partial charge in [-0.1, -0.05) is 0 Å². The van der Waals surface area contributed by atoms with Crippen LogP contribution in [0.25, 0.3) is 42.9 Å². The smallest absolute Gasteiger partial charge is 0.793 e. The number of fused-ring (bicyclic) bond motifs is 2. The van der Waals surface area contributed by atoms with Crippen LogP contribution in [0.1, 0.15) is 57.6 Å². The molecule has 12 rings (SSSR count). The van der Waals surface area contributed by atoms with E-state index in [0.29, 0.717) is 114 Å². The SMILES string of the molecule is CC(=O)OOC(C)=O.COc1ncc(-c2nc(N3CCOCC3)nc3c(CN4CCN(C5CCOCC5)CC4)csc23)cc1NS(C)(=O)=O.COc1ncc(-c2nc(N3CCOCC3)nc3c(CN4CCNCC4)csc23)cc1NS(C)(=O)=O.O=C1CCOCC1.[B-]OC(C)=O.[Na+]. The molecule has 6 fully saturated rings. The number of morpholine rings is 2. The molecule has 6 aromatic heterocycles. The van der Waals surface area contributed by atoms with Crippen LogP contribution in [0.3, 0.4) is 0 Å². The summed E-state index contributed by atoms with van der Waals surface area (Å²) in [6.07, 6.45) is 9.04. The van der Waals surface area contributed by atoms with E-state index < -0.39 is 38.0 Å². The number of ketones is 1. The van der Waals surface area contributed by atoms with Gasteiger partial charge in [0.15, 0.2) is 0 Å². The van der Waals surface area contributed by atoms with Gasteiger partial charge in [0, 0.05) is 179 Å². The van der Waals surface area contributed by atoms with E-state index in [1.165, 1.54) is 32.3 Å². The summed E-state index contributed by atoms with van der Waals surface area (Å²) in [5.41, 5.74) is 7.57. The Balaban J connectivity index is 0.000000212. The van der Waals surface area contributed by atoms with Crippen LogP contribution in [-0.4, -0.2) is 257 Å². The zero-order valence-electron chi connectivity index (χ0n) is 56.0. The molecule has 97 heavy (non-hydrogen) atoms. The first-order valence-corrected chi connectivity index (χ1v) is 36.7. The third-order valence-electron chi connectivity index (χ3n) is 15.4. The van der Waals surface area contributed by atoms with E-state index in [-0.39, 0.29) is 52.7 Å². The topological polar surface area (TPSA) is 349 Å². The van der Waals surface area contributed by atoms with Crippen molar-refractivity contribution in [3.8, 4) is 34.3 Å². The summed E-state index contributed by atoms with van der Waals surface area (Å²) in [7, 11) is 0.180. The molecule has 3 radical (unpaired) electrons. The summed E-state index contributed by atoms with van der Waals surface area (Å²) in [4.78, 5) is 87.8. The summed E-state index contributed by atoms with van der Waals surface area (Å²) in [5.74, 6) is 0.280. The van der Waals surface area contributed by atoms with Gasteiger partial charge in [-0.25, -0.2) is 66.1 Å². The van der Waals surface area contributed by atoms with Crippen LogP contribution in [0.4, 0.5) is 23.3 Å². The summed E-state index contributed by atoms with van der Waals surface area (Å²) in [6.45, 7) is 21.6. The second-order valence-corrected chi connectivity index (χ2v) is 28.0. The second kappa shape index (κ2) is 38.5. The minimum absolute atomic E-state index is 0. The number of carbonyl (C=O) groups excluding carboxylic acids is 4. The number of ether oxygens (including phenoxy) is 6. The van der Waals surface area contributed by atoms with Crippen LogP contribution in [0.15, 0.2) is 35.3 Å². The van der Waals surface area contributed by atoms with Crippen molar-refractivity contribution in [2.45, 2.75) is 65.6 Å². The first kappa shape index (κ1) is 78.2. The molecule has 6 saturated heterocycles. The van der Waals surface area contributed by atoms with E-state index in [4.69, 9.17) is 48.4 Å². The first-order valence-electron chi connectivity index (χ1n) is 31.1. The van der Waals surface area contributed by atoms with E-state index >= 15 is 0 Å². The predicted octanol–water partition coefficient (Wildman–Crippen LogP) is 0.672. The molecule has 12 heterocycles. The van der Waals surface area contributed by atoms with Crippen molar-refractivity contribution in [1.29, 1.82) is 0 Å². The molecule has 0 atom stereocenters. The number of hydrogen-bond donors (Lipinski definition) is 3. The maximum Gasteiger partial charge on any atom is 1.00 e. The molecule has 31 nitrogen and oxygen atoms in total. The van der Waals surface area contributed by atoms with Crippen LogP contribution in [0, 0.1) is 0 Å². The Kier molecular flexibility index (Phi) is 31.0. The average Bonchev–Trinajstić information content (AvgIpc) is 1.69. The van der Waals surface area contributed by atoms with Crippen molar-refractivity contribution in [2.24, 2.45) is 0 Å². The number of piperazine rings is 2. The number of thiophene rings is 2. The Hall–Kier alpha value is -6.10. The van der Waals surface area contributed by atoms with Gasteiger partial charge in [-0.05, 0) is 35.7 Å². The van der Waals surface area contributed by atoms with Crippen molar-refractivity contribution in [1.82, 2.24) is 49.9 Å². The van der Waals surface area contributed by atoms with Crippen molar-refractivity contribution < 1.29 is 108 Å². The molecule has 3 N–H and O–H groups in total. The van der Waals surface area contributed by atoms with E-state index in [1.54, 1.807) is 47.2 Å². The zero-order chi connectivity index (χ0) is 68.8. The molecular weight excluding hydrogens is 1350 g/mol. The third-order valence-corrected chi connectivity index (χ3v) is 18.6. The third kappa shape index (κ3) is 24.4. The molecule has 0 amide bonds. The zero-order valence-corrected chi connectivity index (χ0v) is 61.3. The van der Waals surface area contributed by atoms with Crippen molar-refractivity contribution in [2.75, 3.05) is 177 Å². The summed E-state index contributed by atoms with van der Waals surface area (Å²) >= 11 is 3.21. The number of nitrogens with zero attached hydrogens (tertiary/aromatic N) is 11. The Labute approximate surface area is 596 Å². The minimum Gasteiger partial charge on any atom is -0.793 e. The Morgan fingerprint density at radius 2 is 1.00 bits per heavy atom. The van der Waals surface area contributed by atoms with Gasteiger partial charge in [0.1, 0.15) is 17.2 Å². The summed E-state index contributed by atoms with van der Waals surface area (Å²) < 4.78 is 90.7. The van der Waals surface area contributed by atoms with Crippen LogP contribution >= 0.6 is 22.7 Å². The number of pyridine rings is 2. The molecule has 0 spiro atoms. The molecule has 0 aromatic carbocycles. The van der Waals surface area contributed by atoms with Crippen LogP contribution in [0.5, 0.6) is 11.8 Å². The fraction of sp³-hybridized carbons (Fsp3) is 0.567. The number of hydrogen-bond acceptors (Lipinski definition) is 31. The summed E-state index contributed by atoms with van der Waals surface area (Å²) in [5, 5.41) is 7.73. The van der Waals surface area contributed by atoms with Gasteiger partial charge < -0.3 is 56.2 Å². The Bertz CT molecular complexity index is 3790. The monoisotopic (exact) mass is 1430 g/mol. The number of anilines is 4. The number of aromatic nitrogens is 6. The normalized spacial score (nSPS) is 17.4. The van der Waals surface area contributed by atoms with Gasteiger partial charge >= 0.3 is 41.5 Å². The average molecular weight is 1430 g/mol. The number of sulfonamides is 2. The molecule has 37 heteroatoms. The quantitative estimate of drug-likeness (QED) is 0.0722. The number of Topliss-reactive ketones (excluding diaryl/α,β-unsaturated/α-hetero) is 1. The van der Waals surface area contributed by atoms with Crippen molar-refractivity contribution in [3.05, 3.63) is 46.4 Å². The van der Waals surface area contributed by atoms with Gasteiger partial charge in [0.2, 0.25) is 49.7 Å². The van der Waals surface area contributed by atoms with Crippen molar-refractivity contribution in [3.63, 3.8) is 0 Å². The largest absolute Gasteiger partial charge is 1.00 e. The molecule has 6 aromatic rings. The molecule has 0 saturated carbocycles. The summed E-state index contributed by atoms with van der Waals surface area (Å²) in [6, 6.07) is 4.08. The maximum atomic E-state index is 12.0. The van der Waals surface area contributed by atoms with Crippen molar-refractivity contribution >= 4 is 118 Å². The van der Waals surface area contributed by atoms with Gasteiger partial charge in [-0.15, -0.1) is 22.7 Å². The van der Waals surface area contributed by atoms with Crippen LogP contribution in [0.2, 0.25) is 0 Å². The fourth-order valence-corrected chi connectivity index (χ4v) is 13.9. The molecule has 0 bridgehead atoms. The molecule has 6 aliphatic rings. The second-order valence-electron chi connectivity index (χ2n) is 22.7.